The normalized spacial score (nSPS) is 12.2. The second-order valence-corrected chi connectivity index (χ2v) is 13.7. The van der Waals surface area contributed by atoms with E-state index in [-0.39, 0.29) is 0 Å². The summed E-state index contributed by atoms with van der Waals surface area (Å²) in [6.07, 6.45) is 0. The molecule has 0 aliphatic carbocycles. The molecule has 0 saturated carbocycles. The van der Waals surface area contributed by atoms with Crippen molar-refractivity contribution in [2.75, 3.05) is 0 Å². The van der Waals surface area contributed by atoms with Gasteiger partial charge in [0, 0.05) is 43.4 Å². The van der Waals surface area contributed by atoms with Crippen molar-refractivity contribution < 1.29 is 8.83 Å². The van der Waals surface area contributed by atoms with Crippen LogP contribution in [-0.2, 0) is 0 Å². The standard InChI is InChI=1S/C48H28N2O2/c1-2-11-29(12-3-1)30-21-26-45-38(27-30)36-24-25-41-46(48(36)52-45)37-23-22-31(49-39-17-7-4-13-32(39)33-14-5-8-18-40(33)49)28-43(37)50(41)42-19-10-16-35-34-15-6-9-20-44(34)51-47(35)42/h1-28H. The summed E-state index contributed by atoms with van der Waals surface area (Å²) in [6, 6.07) is 60.5. The van der Waals surface area contributed by atoms with Crippen LogP contribution in [0.25, 0.3) is 110 Å². The summed E-state index contributed by atoms with van der Waals surface area (Å²) >= 11 is 0. The van der Waals surface area contributed by atoms with Crippen molar-refractivity contribution in [2.45, 2.75) is 0 Å². The first-order valence-electron chi connectivity index (χ1n) is 17.7. The third-order valence-electron chi connectivity index (χ3n) is 10.9. The zero-order chi connectivity index (χ0) is 33.9. The lowest BCUT2D eigenvalue weighted by atomic mass is 10.0. The summed E-state index contributed by atoms with van der Waals surface area (Å²) < 4.78 is 18.2. The molecule has 4 heterocycles. The van der Waals surface area contributed by atoms with Crippen LogP contribution in [-0.4, -0.2) is 9.13 Å². The van der Waals surface area contributed by atoms with Gasteiger partial charge in [0.05, 0.1) is 33.1 Å². The van der Waals surface area contributed by atoms with Gasteiger partial charge >= 0.3 is 0 Å². The summed E-state index contributed by atoms with van der Waals surface area (Å²) in [5.41, 5.74) is 12.5. The highest BCUT2D eigenvalue weighted by Crippen LogP contribution is 2.44. The number of benzene rings is 8. The van der Waals surface area contributed by atoms with Gasteiger partial charge in [-0.15, -0.1) is 0 Å². The zero-order valence-corrected chi connectivity index (χ0v) is 27.9. The molecule has 0 atom stereocenters. The number of hydrogen-bond donors (Lipinski definition) is 0. The molecule has 0 radical (unpaired) electrons. The van der Waals surface area contributed by atoms with E-state index in [1.54, 1.807) is 0 Å². The molecule has 0 amide bonds. The third kappa shape index (κ3) is 3.70. The quantitative estimate of drug-likeness (QED) is 0.188. The Morgan fingerprint density at radius 2 is 0.981 bits per heavy atom. The monoisotopic (exact) mass is 664 g/mol. The molecule has 0 aliphatic heterocycles. The first-order chi connectivity index (χ1) is 25.8. The largest absolute Gasteiger partial charge is 0.455 e. The number of rotatable bonds is 3. The Bertz CT molecular complexity index is 3360. The van der Waals surface area contributed by atoms with Crippen LogP contribution >= 0.6 is 0 Å². The van der Waals surface area contributed by atoms with E-state index in [1.807, 2.05) is 12.1 Å². The Morgan fingerprint density at radius 3 is 1.81 bits per heavy atom. The Labute approximate surface area is 296 Å². The van der Waals surface area contributed by atoms with E-state index in [9.17, 15) is 0 Å². The first-order valence-corrected chi connectivity index (χ1v) is 17.7. The van der Waals surface area contributed by atoms with Gasteiger partial charge in [0.1, 0.15) is 16.7 Å². The average molecular weight is 665 g/mol. The van der Waals surface area contributed by atoms with Gasteiger partial charge in [-0.2, -0.15) is 0 Å². The van der Waals surface area contributed by atoms with Crippen molar-refractivity contribution in [1.82, 2.24) is 9.13 Å². The van der Waals surface area contributed by atoms with E-state index < -0.39 is 0 Å². The first kappa shape index (κ1) is 27.7. The maximum Gasteiger partial charge on any atom is 0.159 e. The molecule has 0 saturated heterocycles. The molecule has 0 aliphatic rings. The number of hydrogen-bond acceptors (Lipinski definition) is 2. The summed E-state index contributed by atoms with van der Waals surface area (Å²) in [5, 5.41) is 9.12. The number of para-hydroxylation sites is 4. The Morgan fingerprint density at radius 1 is 0.327 bits per heavy atom. The van der Waals surface area contributed by atoms with Crippen molar-refractivity contribution in [3.8, 4) is 22.5 Å². The molecule has 12 rings (SSSR count). The van der Waals surface area contributed by atoms with Crippen LogP contribution in [0.4, 0.5) is 0 Å². The Balaban J connectivity index is 1.21. The van der Waals surface area contributed by atoms with Gasteiger partial charge in [0.25, 0.3) is 0 Å². The van der Waals surface area contributed by atoms with Crippen LogP contribution in [0.15, 0.2) is 179 Å². The molecule has 0 N–H and O–H groups in total. The van der Waals surface area contributed by atoms with E-state index in [0.717, 1.165) is 77.1 Å². The predicted octanol–water partition coefficient (Wildman–Crippen LogP) is 13.3. The molecule has 4 nitrogen and oxygen atoms in total. The lowest BCUT2D eigenvalue weighted by Crippen LogP contribution is -1.97. The fraction of sp³-hybridized carbons (Fsp3) is 0. The summed E-state index contributed by atoms with van der Waals surface area (Å²) in [5.74, 6) is 0. The van der Waals surface area contributed by atoms with E-state index in [2.05, 4.69) is 167 Å². The van der Waals surface area contributed by atoms with Gasteiger partial charge in [0.15, 0.2) is 5.58 Å². The van der Waals surface area contributed by atoms with Gasteiger partial charge < -0.3 is 18.0 Å². The van der Waals surface area contributed by atoms with E-state index >= 15 is 0 Å². The molecule has 4 aromatic heterocycles. The van der Waals surface area contributed by atoms with Gasteiger partial charge in [-0.3, -0.25) is 0 Å². The van der Waals surface area contributed by atoms with Gasteiger partial charge in [-0.05, 0) is 77.9 Å². The molecule has 0 fully saturated rings. The van der Waals surface area contributed by atoms with Crippen molar-refractivity contribution >= 4 is 87.5 Å². The van der Waals surface area contributed by atoms with E-state index in [4.69, 9.17) is 8.83 Å². The SMILES string of the molecule is c1ccc(-c2ccc3oc4c(ccc5c4c4ccc(-n6c7ccccc7c7ccccc76)cc4n5-c4cccc5c4oc4ccccc45)c3c2)cc1. The smallest absolute Gasteiger partial charge is 0.159 e. The van der Waals surface area contributed by atoms with Crippen LogP contribution in [0.1, 0.15) is 0 Å². The lowest BCUT2D eigenvalue weighted by Gasteiger charge is -2.11. The minimum absolute atomic E-state index is 0.863. The van der Waals surface area contributed by atoms with Crippen molar-refractivity contribution in [2.24, 2.45) is 0 Å². The second-order valence-electron chi connectivity index (χ2n) is 13.7. The molecular formula is C48H28N2O2. The van der Waals surface area contributed by atoms with Gasteiger partial charge in [0.2, 0.25) is 0 Å². The zero-order valence-electron chi connectivity index (χ0n) is 27.9. The molecule has 0 bridgehead atoms. The third-order valence-corrected chi connectivity index (χ3v) is 10.9. The Kier molecular flexibility index (Phi) is 5.47. The van der Waals surface area contributed by atoms with Crippen LogP contribution in [0.5, 0.6) is 0 Å². The van der Waals surface area contributed by atoms with Crippen LogP contribution in [0, 0.1) is 0 Å². The minimum Gasteiger partial charge on any atom is -0.455 e. The fourth-order valence-electron chi connectivity index (χ4n) is 8.64. The molecule has 0 unspecified atom stereocenters. The molecule has 4 heteroatoms. The fourth-order valence-corrected chi connectivity index (χ4v) is 8.64. The lowest BCUT2D eigenvalue weighted by molar-refractivity contribution is 0.666. The van der Waals surface area contributed by atoms with E-state index in [1.165, 1.54) is 32.9 Å². The topological polar surface area (TPSA) is 36.1 Å². The molecule has 8 aromatic carbocycles. The molecule has 52 heavy (non-hydrogen) atoms. The summed E-state index contributed by atoms with van der Waals surface area (Å²) in [7, 11) is 0. The maximum absolute atomic E-state index is 6.83. The number of furan rings is 2. The molecular weight excluding hydrogens is 637 g/mol. The van der Waals surface area contributed by atoms with Gasteiger partial charge in [-0.25, -0.2) is 0 Å². The van der Waals surface area contributed by atoms with Crippen LogP contribution in [0.2, 0.25) is 0 Å². The number of nitrogens with zero attached hydrogens (tertiary/aromatic N) is 2. The van der Waals surface area contributed by atoms with E-state index in [0.29, 0.717) is 0 Å². The maximum atomic E-state index is 6.83. The van der Waals surface area contributed by atoms with Crippen molar-refractivity contribution in [1.29, 1.82) is 0 Å². The highest BCUT2D eigenvalue weighted by atomic mass is 16.3. The average Bonchev–Trinajstić information content (AvgIpc) is 3.95. The molecule has 242 valence electrons. The predicted molar refractivity (Wildman–Crippen MR) is 215 cm³/mol. The highest BCUT2D eigenvalue weighted by Gasteiger charge is 2.23. The Hall–Kier alpha value is -7.04. The minimum atomic E-state index is 0.863. The summed E-state index contributed by atoms with van der Waals surface area (Å²) in [4.78, 5) is 0. The van der Waals surface area contributed by atoms with Crippen LogP contribution in [0.3, 0.4) is 0 Å². The molecule has 0 spiro atoms. The number of fused-ring (bicyclic) bond motifs is 13. The van der Waals surface area contributed by atoms with Crippen molar-refractivity contribution in [3.05, 3.63) is 170 Å². The molecule has 12 aromatic rings. The highest BCUT2D eigenvalue weighted by molar-refractivity contribution is 6.25. The second kappa shape index (κ2) is 10.3. The van der Waals surface area contributed by atoms with Crippen LogP contribution < -0.4 is 0 Å². The van der Waals surface area contributed by atoms with Gasteiger partial charge in [-0.1, -0.05) is 103 Å². The summed E-state index contributed by atoms with van der Waals surface area (Å²) in [6.45, 7) is 0. The van der Waals surface area contributed by atoms with Crippen molar-refractivity contribution in [3.63, 3.8) is 0 Å². The number of aromatic nitrogens is 2.